The molecule has 0 aliphatic rings. The Labute approximate surface area is 132 Å². The van der Waals surface area contributed by atoms with Crippen LogP contribution >= 0.6 is 0 Å². The second-order valence-electron chi connectivity index (χ2n) is 4.53. The topological polar surface area (TPSA) is 106 Å². The summed E-state index contributed by atoms with van der Waals surface area (Å²) in [7, 11) is 0. The van der Waals surface area contributed by atoms with Crippen molar-refractivity contribution in [1.29, 1.82) is 5.26 Å². The van der Waals surface area contributed by atoms with Gasteiger partial charge in [-0.3, -0.25) is 4.79 Å². The third-order valence-electron chi connectivity index (χ3n) is 2.98. The Morgan fingerprint density at radius 2 is 1.96 bits per heavy atom. The summed E-state index contributed by atoms with van der Waals surface area (Å²) >= 11 is 0. The molecule has 0 aliphatic heterocycles. The zero-order valence-electron chi connectivity index (χ0n) is 12.4. The minimum absolute atomic E-state index is 0.142. The van der Waals surface area contributed by atoms with E-state index in [2.05, 4.69) is 0 Å². The highest BCUT2D eigenvalue weighted by molar-refractivity contribution is 5.97. The normalized spacial score (nSPS) is 10.9. The summed E-state index contributed by atoms with van der Waals surface area (Å²) < 4.78 is 10.4. The Kier molecular flexibility index (Phi) is 4.95. The number of carbonyl (C=O) groups is 2. The molecule has 2 N–H and O–H groups in total. The van der Waals surface area contributed by atoms with Gasteiger partial charge in [-0.1, -0.05) is 12.1 Å². The number of esters is 1. The average Bonchev–Trinajstić information content (AvgIpc) is 3.01. The van der Waals surface area contributed by atoms with Gasteiger partial charge in [0.15, 0.2) is 0 Å². The summed E-state index contributed by atoms with van der Waals surface area (Å²) in [5.41, 5.74) is 6.18. The standard InChI is InChI=1S/C17H14N2O4/c1-2-22-17(21)13(10-18)9-14-7-8-15(23-14)11-3-5-12(6-4-11)16(19)20/h3-9H,2H2,1H3,(H2,19,20)/b13-9-. The van der Waals surface area contributed by atoms with Gasteiger partial charge in [0.05, 0.1) is 6.61 Å². The van der Waals surface area contributed by atoms with E-state index in [1.54, 1.807) is 49.4 Å². The lowest BCUT2D eigenvalue weighted by molar-refractivity contribution is -0.137. The maximum atomic E-state index is 11.6. The van der Waals surface area contributed by atoms with Gasteiger partial charge in [0, 0.05) is 17.2 Å². The fraction of sp³-hybridized carbons (Fsp3) is 0.118. The van der Waals surface area contributed by atoms with Gasteiger partial charge in [-0.2, -0.15) is 5.26 Å². The lowest BCUT2D eigenvalue weighted by Crippen LogP contribution is -2.10. The fourth-order valence-electron chi connectivity index (χ4n) is 1.87. The number of carbonyl (C=O) groups excluding carboxylic acids is 2. The SMILES string of the molecule is CCOC(=O)/C(C#N)=C\c1ccc(-c2ccc(C(N)=O)cc2)o1. The minimum Gasteiger partial charge on any atom is -0.462 e. The molecule has 1 aromatic heterocycles. The fourth-order valence-corrected chi connectivity index (χ4v) is 1.87. The Balaban J connectivity index is 2.25. The molecule has 0 atom stereocenters. The number of rotatable bonds is 5. The molecule has 0 bridgehead atoms. The molecule has 0 saturated heterocycles. The van der Waals surface area contributed by atoms with Gasteiger partial charge in [0.25, 0.3) is 0 Å². The molecular formula is C17H14N2O4. The number of ether oxygens (including phenoxy) is 1. The van der Waals surface area contributed by atoms with Crippen molar-refractivity contribution >= 4 is 18.0 Å². The zero-order chi connectivity index (χ0) is 16.8. The van der Waals surface area contributed by atoms with Crippen LogP contribution in [0.1, 0.15) is 23.0 Å². The van der Waals surface area contributed by atoms with Gasteiger partial charge in [0.2, 0.25) is 5.91 Å². The maximum absolute atomic E-state index is 11.6. The summed E-state index contributed by atoms with van der Waals surface area (Å²) in [4.78, 5) is 22.6. The van der Waals surface area contributed by atoms with Crippen LogP contribution < -0.4 is 5.73 Å². The van der Waals surface area contributed by atoms with E-state index in [9.17, 15) is 9.59 Å². The van der Waals surface area contributed by atoms with E-state index in [0.717, 1.165) is 5.56 Å². The van der Waals surface area contributed by atoms with E-state index in [4.69, 9.17) is 20.1 Å². The molecule has 116 valence electrons. The molecule has 23 heavy (non-hydrogen) atoms. The first-order valence-electron chi connectivity index (χ1n) is 6.84. The van der Waals surface area contributed by atoms with Crippen molar-refractivity contribution in [3.8, 4) is 17.4 Å². The smallest absolute Gasteiger partial charge is 0.349 e. The largest absolute Gasteiger partial charge is 0.462 e. The molecule has 6 nitrogen and oxygen atoms in total. The lowest BCUT2D eigenvalue weighted by Gasteiger charge is -1.99. The van der Waals surface area contributed by atoms with E-state index in [-0.39, 0.29) is 12.2 Å². The first kappa shape index (κ1) is 16.0. The van der Waals surface area contributed by atoms with Crippen LogP contribution in [0.25, 0.3) is 17.4 Å². The first-order valence-corrected chi connectivity index (χ1v) is 6.84. The summed E-state index contributed by atoms with van der Waals surface area (Å²) in [6.45, 7) is 1.85. The van der Waals surface area contributed by atoms with Crippen molar-refractivity contribution in [2.24, 2.45) is 5.73 Å². The first-order chi connectivity index (χ1) is 11.0. The van der Waals surface area contributed by atoms with E-state index in [1.165, 1.54) is 6.08 Å². The molecule has 1 heterocycles. The van der Waals surface area contributed by atoms with Crippen LogP contribution in [0.15, 0.2) is 46.4 Å². The summed E-state index contributed by atoms with van der Waals surface area (Å²) in [5.74, 6) is -0.316. The van der Waals surface area contributed by atoms with Crippen LogP contribution in [0, 0.1) is 11.3 Å². The number of nitriles is 1. The molecule has 2 rings (SSSR count). The second kappa shape index (κ2) is 7.09. The Morgan fingerprint density at radius 3 is 2.52 bits per heavy atom. The second-order valence-corrected chi connectivity index (χ2v) is 4.53. The van der Waals surface area contributed by atoms with Gasteiger partial charge < -0.3 is 14.9 Å². The molecular weight excluding hydrogens is 296 g/mol. The molecule has 0 fully saturated rings. The molecule has 0 radical (unpaired) electrons. The van der Waals surface area contributed by atoms with E-state index >= 15 is 0 Å². The molecule has 1 amide bonds. The number of nitrogens with two attached hydrogens (primary N) is 1. The van der Waals surface area contributed by atoms with Crippen molar-refractivity contribution in [3.63, 3.8) is 0 Å². The van der Waals surface area contributed by atoms with Crippen molar-refractivity contribution in [2.75, 3.05) is 6.61 Å². The van der Waals surface area contributed by atoms with E-state index in [0.29, 0.717) is 17.1 Å². The molecule has 0 aliphatic carbocycles. The van der Waals surface area contributed by atoms with Gasteiger partial charge >= 0.3 is 5.97 Å². The number of hydrogen-bond acceptors (Lipinski definition) is 5. The highest BCUT2D eigenvalue weighted by Crippen LogP contribution is 2.24. The maximum Gasteiger partial charge on any atom is 0.349 e. The van der Waals surface area contributed by atoms with Crippen LogP contribution in [0.4, 0.5) is 0 Å². The zero-order valence-corrected chi connectivity index (χ0v) is 12.4. The number of nitrogens with zero attached hydrogens (tertiary/aromatic N) is 1. The monoisotopic (exact) mass is 310 g/mol. The van der Waals surface area contributed by atoms with E-state index in [1.807, 2.05) is 0 Å². The minimum atomic E-state index is -0.696. The van der Waals surface area contributed by atoms with Crippen molar-refractivity contribution in [3.05, 3.63) is 53.3 Å². The van der Waals surface area contributed by atoms with Gasteiger partial charge in [-0.25, -0.2) is 4.79 Å². The van der Waals surface area contributed by atoms with Crippen LogP contribution in [-0.2, 0) is 9.53 Å². The summed E-state index contributed by atoms with van der Waals surface area (Å²) in [5, 5.41) is 8.99. The van der Waals surface area contributed by atoms with Crippen LogP contribution in [0.3, 0.4) is 0 Å². The van der Waals surface area contributed by atoms with E-state index < -0.39 is 11.9 Å². The predicted octanol–water partition coefficient (Wildman–Crippen LogP) is 2.52. The molecule has 6 heteroatoms. The number of amides is 1. The van der Waals surface area contributed by atoms with Crippen molar-refractivity contribution in [1.82, 2.24) is 0 Å². The number of benzene rings is 1. The van der Waals surface area contributed by atoms with Gasteiger partial charge in [-0.05, 0) is 31.2 Å². The highest BCUT2D eigenvalue weighted by atomic mass is 16.5. The molecule has 0 saturated carbocycles. The average molecular weight is 310 g/mol. The third-order valence-corrected chi connectivity index (χ3v) is 2.98. The van der Waals surface area contributed by atoms with Gasteiger partial charge in [-0.15, -0.1) is 0 Å². The Bertz CT molecular complexity index is 795. The third kappa shape index (κ3) is 3.86. The number of furan rings is 1. The Morgan fingerprint density at radius 1 is 1.26 bits per heavy atom. The molecule has 0 spiro atoms. The van der Waals surface area contributed by atoms with Crippen LogP contribution in [-0.4, -0.2) is 18.5 Å². The summed E-state index contributed by atoms with van der Waals surface area (Å²) in [6, 6.07) is 11.7. The predicted molar refractivity (Wildman–Crippen MR) is 82.9 cm³/mol. The van der Waals surface area contributed by atoms with Crippen molar-refractivity contribution < 1.29 is 18.7 Å². The molecule has 2 aromatic rings. The highest BCUT2D eigenvalue weighted by Gasteiger charge is 2.12. The molecule has 1 aromatic carbocycles. The summed E-state index contributed by atoms with van der Waals surface area (Å²) in [6.07, 6.45) is 1.32. The lowest BCUT2D eigenvalue weighted by atomic mass is 10.1. The Hall–Kier alpha value is -3.33. The van der Waals surface area contributed by atoms with Crippen LogP contribution in [0.2, 0.25) is 0 Å². The van der Waals surface area contributed by atoms with Crippen molar-refractivity contribution in [2.45, 2.75) is 6.92 Å². The van der Waals surface area contributed by atoms with Crippen LogP contribution in [0.5, 0.6) is 0 Å². The quantitative estimate of drug-likeness (QED) is 0.519. The molecule has 0 unspecified atom stereocenters. The number of primary amides is 1. The number of hydrogen-bond donors (Lipinski definition) is 1. The van der Waals surface area contributed by atoms with Gasteiger partial charge in [0.1, 0.15) is 23.2 Å².